The molecule has 0 bridgehead atoms. The highest BCUT2D eigenvalue weighted by molar-refractivity contribution is 6.36. The Morgan fingerprint density at radius 3 is 2.22 bits per heavy atom. The highest BCUT2D eigenvalue weighted by Gasteiger charge is 2.80. The molecule has 2 fully saturated rings. The summed E-state index contributed by atoms with van der Waals surface area (Å²) in [7, 11) is 0. The van der Waals surface area contributed by atoms with Gasteiger partial charge >= 0.3 is 0 Å². The van der Waals surface area contributed by atoms with Crippen LogP contribution >= 0.6 is 23.2 Å². The highest BCUT2D eigenvalue weighted by Crippen LogP contribution is 2.71. The first-order valence-electron chi connectivity index (χ1n) is 14.0. The van der Waals surface area contributed by atoms with E-state index >= 15 is 4.79 Å². The van der Waals surface area contributed by atoms with Gasteiger partial charge in [-0.2, -0.15) is 0 Å². The molecule has 1 aliphatic carbocycles. The number of halogens is 2. The zero-order chi connectivity index (χ0) is 27.9. The number of rotatable bonds is 2. The van der Waals surface area contributed by atoms with Gasteiger partial charge in [-0.3, -0.25) is 14.5 Å². The van der Waals surface area contributed by atoms with E-state index < -0.39 is 11.0 Å². The molecule has 8 rings (SSSR count). The number of hydrogen-bond donors (Lipinski definition) is 1. The van der Waals surface area contributed by atoms with Crippen LogP contribution in [-0.2, 0) is 20.5 Å². The van der Waals surface area contributed by atoms with Crippen molar-refractivity contribution in [1.82, 2.24) is 4.90 Å². The summed E-state index contributed by atoms with van der Waals surface area (Å²) in [5.41, 5.74) is 3.60. The van der Waals surface area contributed by atoms with E-state index in [1.165, 1.54) is 0 Å². The van der Waals surface area contributed by atoms with E-state index in [2.05, 4.69) is 16.3 Å². The summed E-state index contributed by atoms with van der Waals surface area (Å²) < 4.78 is 0. The number of para-hydroxylation sites is 1. The lowest BCUT2D eigenvalue weighted by Gasteiger charge is -2.44. The van der Waals surface area contributed by atoms with Crippen LogP contribution in [0.15, 0.2) is 97.1 Å². The number of nitrogens with one attached hydrogen (secondary N) is 1. The Morgan fingerprint density at radius 2 is 1.46 bits per heavy atom. The van der Waals surface area contributed by atoms with Gasteiger partial charge in [-0.05, 0) is 78.0 Å². The Balaban J connectivity index is 1.50. The smallest absolute Gasteiger partial charge is 0.251 e. The van der Waals surface area contributed by atoms with Crippen LogP contribution < -0.4 is 5.32 Å². The Labute approximate surface area is 248 Å². The molecular formula is C35H26Cl2N2O2. The van der Waals surface area contributed by atoms with Crippen LogP contribution in [0.4, 0.5) is 5.69 Å². The van der Waals surface area contributed by atoms with Gasteiger partial charge in [0.05, 0.1) is 5.41 Å². The summed E-state index contributed by atoms with van der Waals surface area (Å²) in [6.07, 6.45) is 3.82. The standard InChI is InChI=1S/C35H26Cl2N2O2/c36-23-15-11-21(12-16-23)20-26-25-6-1-2-7-27(25)34(32(26)40)31(22-13-17-24(37)18-14-22)30-10-5-19-39(30)35(34)28-8-3-4-9-29(28)38-33(35)41/h1-4,6-9,11-18,20,30-31H,5,10,19H2,(H,38,41)/b26-20+/t30?,31-,34-,35-/m1/s1. The van der Waals surface area contributed by atoms with Crippen molar-refractivity contribution in [3.8, 4) is 0 Å². The number of carbonyl (C=O) groups excluding carboxylic acids is 2. The number of benzene rings is 4. The first kappa shape index (κ1) is 25.0. The van der Waals surface area contributed by atoms with E-state index in [9.17, 15) is 4.79 Å². The molecule has 1 N–H and O–H groups in total. The van der Waals surface area contributed by atoms with Gasteiger partial charge in [0.25, 0.3) is 5.91 Å². The van der Waals surface area contributed by atoms with E-state index in [1.807, 2.05) is 97.1 Å². The molecule has 2 spiro atoms. The molecule has 3 heterocycles. The topological polar surface area (TPSA) is 49.4 Å². The summed E-state index contributed by atoms with van der Waals surface area (Å²) in [5.74, 6) is -0.406. The summed E-state index contributed by atoms with van der Waals surface area (Å²) in [5, 5.41) is 4.49. The number of nitrogens with zero attached hydrogens (tertiary/aromatic N) is 1. The van der Waals surface area contributed by atoms with Crippen LogP contribution in [0.25, 0.3) is 11.6 Å². The highest BCUT2D eigenvalue weighted by atomic mass is 35.5. The van der Waals surface area contributed by atoms with Gasteiger partial charge in [0.15, 0.2) is 5.78 Å². The molecular weight excluding hydrogens is 551 g/mol. The van der Waals surface area contributed by atoms with Gasteiger partial charge in [-0.25, -0.2) is 0 Å². The van der Waals surface area contributed by atoms with E-state index in [0.29, 0.717) is 15.6 Å². The van der Waals surface area contributed by atoms with Crippen molar-refractivity contribution in [1.29, 1.82) is 0 Å². The molecule has 41 heavy (non-hydrogen) atoms. The number of hydrogen-bond acceptors (Lipinski definition) is 3. The lowest BCUT2D eigenvalue weighted by Crippen LogP contribution is -2.60. The van der Waals surface area contributed by atoms with Crippen molar-refractivity contribution >= 4 is 52.2 Å². The van der Waals surface area contributed by atoms with Crippen LogP contribution in [-0.4, -0.2) is 29.2 Å². The molecule has 4 aliphatic rings. The van der Waals surface area contributed by atoms with Gasteiger partial charge in [-0.15, -0.1) is 0 Å². The zero-order valence-electron chi connectivity index (χ0n) is 22.1. The average molecular weight is 578 g/mol. The van der Waals surface area contributed by atoms with Crippen molar-refractivity contribution in [2.45, 2.75) is 35.8 Å². The molecule has 1 unspecified atom stereocenters. The molecule has 4 aromatic carbocycles. The summed E-state index contributed by atoms with van der Waals surface area (Å²) in [4.78, 5) is 32.6. The fourth-order valence-electron chi connectivity index (χ4n) is 8.41. The lowest BCUT2D eigenvalue weighted by molar-refractivity contribution is -0.136. The average Bonchev–Trinajstić information content (AvgIpc) is 3.70. The van der Waals surface area contributed by atoms with Gasteiger partial charge in [0.2, 0.25) is 0 Å². The van der Waals surface area contributed by atoms with Crippen LogP contribution in [0, 0.1) is 0 Å². The largest absolute Gasteiger partial charge is 0.324 e. The monoisotopic (exact) mass is 576 g/mol. The fraction of sp³-hybridized carbons (Fsp3) is 0.200. The van der Waals surface area contributed by atoms with E-state index in [-0.39, 0.29) is 23.7 Å². The second-order valence-electron chi connectivity index (χ2n) is 11.4. The van der Waals surface area contributed by atoms with Gasteiger partial charge < -0.3 is 5.32 Å². The maximum absolute atomic E-state index is 15.5. The molecule has 0 saturated carbocycles. The number of ketones is 1. The minimum Gasteiger partial charge on any atom is -0.324 e. The first-order chi connectivity index (χ1) is 20.0. The molecule has 4 atom stereocenters. The molecule has 2 saturated heterocycles. The van der Waals surface area contributed by atoms with Crippen LogP contribution in [0.3, 0.4) is 0 Å². The van der Waals surface area contributed by atoms with Crippen molar-refractivity contribution in [2.75, 3.05) is 11.9 Å². The Hall–Kier alpha value is -3.70. The molecule has 4 nitrogen and oxygen atoms in total. The van der Waals surface area contributed by atoms with Crippen molar-refractivity contribution < 1.29 is 9.59 Å². The third-order valence-corrected chi connectivity index (χ3v) is 10.2. The predicted molar refractivity (Wildman–Crippen MR) is 163 cm³/mol. The second kappa shape index (κ2) is 8.90. The van der Waals surface area contributed by atoms with Crippen LogP contribution in [0.5, 0.6) is 0 Å². The minimum absolute atomic E-state index is 0.0000281. The van der Waals surface area contributed by atoms with Gasteiger partial charge in [0.1, 0.15) is 5.54 Å². The molecule has 202 valence electrons. The first-order valence-corrected chi connectivity index (χ1v) is 14.8. The van der Waals surface area contributed by atoms with Gasteiger partial charge in [0, 0.05) is 38.8 Å². The van der Waals surface area contributed by atoms with Crippen LogP contribution in [0.1, 0.15) is 46.6 Å². The lowest BCUT2D eigenvalue weighted by atomic mass is 9.56. The maximum atomic E-state index is 15.5. The van der Waals surface area contributed by atoms with Crippen molar-refractivity contribution in [2.24, 2.45) is 0 Å². The maximum Gasteiger partial charge on any atom is 0.251 e. The molecule has 0 aromatic heterocycles. The Bertz CT molecular complexity index is 1780. The quantitative estimate of drug-likeness (QED) is 0.252. The van der Waals surface area contributed by atoms with E-state index in [1.54, 1.807) is 0 Å². The molecule has 0 radical (unpaired) electrons. The minimum atomic E-state index is -1.20. The van der Waals surface area contributed by atoms with Crippen molar-refractivity contribution in [3.63, 3.8) is 0 Å². The number of carbonyl (C=O) groups is 2. The SMILES string of the molecule is O=C1/C(=C/c2ccc(Cl)cc2)c2ccccc2[C@@]12[C@H](c1ccc(Cl)cc1)C1CCCN1[C@]21C(=O)Nc2ccccc21. The Morgan fingerprint density at radius 1 is 0.805 bits per heavy atom. The summed E-state index contributed by atoms with van der Waals surface area (Å²) in [6.45, 7) is 0.740. The fourth-order valence-corrected chi connectivity index (χ4v) is 8.67. The zero-order valence-corrected chi connectivity index (χ0v) is 23.6. The summed E-state index contributed by atoms with van der Waals surface area (Å²) >= 11 is 12.6. The molecule has 6 heteroatoms. The molecule has 3 aliphatic heterocycles. The number of allylic oxidation sites excluding steroid dienone is 1. The summed E-state index contributed by atoms with van der Waals surface area (Å²) in [6, 6.07) is 31.4. The number of anilines is 1. The molecule has 4 aromatic rings. The van der Waals surface area contributed by atoms with E-state index in [0.717, 1.165) is 52.9 Å². The molecule has 1 amide bonds. The van der Waals surface area contributed by atoms with Gasteiger partial charge in [-0.1, -0.05) is 89.9 Å². The third kappa shape index (κ3) is 3.10. The Kier molecular flexibility index (Phi) is 5.44. The predicted octanol–water partition coefficient (Wildman–Crippen LogP) is 7.46. The number of fused-ring (bicyclic) bond motifs is 7. The third-order valence-electron chi connectivity index (χ3n) is 9.70. The van der Waals surface area contributed by atoms with E-state index in [4.69, 9.17) is 23.2 Å². The number of Topliss-reactive ketones (excluding diaryl/α,β-unsaturated/α-hetero) is 1. The van der Waals surface area contributed by atoms with Crippen molar-refractivity contribution in [3.05, 3.63) is 135 Å². The second-order valence-corrected chi connectivity index (χ2v) is 12.3. The number of amides is 1. The van der Waals surface area contributed by atoms with Crippen LogP contribution in [0.2, 0.25) is 10.0 Å². The normalized spacial score (nSPS) is 28.9.